The molecule has 1 aliphatic rings. The highest BCUT2D eigenvalue weighted by molar-refractivity contribution is 6.29. The van der Waals surface area contributed by atoms with Gasteiger partial charge in [0.2, 0.25) is 0 Å². The van der Waals surface area contributed by atoms with Crippen molar-refractivity contribution in [2.45, 2.75) is 26.2 Å². The van der Waals surface area contributed by atoms with E-state index in [-0.39, 0.29) is 0 Å². The number of halogens is 1. The number of carboxylic acid groups (broad SMARTS) is 1. The van der Waals surface area contributed by atoms with Gasteiger partial charge in [0.05, 0.1) is 5.41 Å². The van der Waals surface area contributed by atoms with Crippen LogP contribution >= 0.6 is 11.6 Å². The predicted molar refractivity (Wildman–Crippen MR) is 61.0 cm³/mol. The van der Waals surface area contributed by atoms with Crippen LogP contribution in [0.5, 0.6) is 0 Å². The van der Waals surface area contributed by atoms with Crippen LogP contribution in [0.1, 0.15) is 26.2 Å². The SMILES string of the molecule is C=C(Cl)CN1CCC(CCC)(C(=O)O)C1. The molecule has 0 radical (unpaired) electrons. The number of hydrogen-bond donors (Lipinski definition) is 1. The Hall–Kier alpha value is -0.540. The Morgan fingerprint density at radius 2 is 2.33 bits per heavy atom. The van der Waals surface area contributed by atoms with E-state index in [1.54, 1.807) is 0 Å². The fourth-order valence-electron chi connectivity index (χ4n) is 2.30. The van der Waals surface area contributed by atoms with Crippen LogP contribution < -0.4 is 0 Å². The Labute approximate surface area is 95.7 Å². The fourth-order valence-corrected chi connectivity index (χ4v) is 2.47. The van der Waals surface area contributed by atoms with Crippen LogP contribution in [-0.4, -0.2) is 35.6 Å². The number of hydrogen-bond acceptors (Lipinski definition) is 2. The van der Waals surface area contributed by atoms with Gasteiger partial charge >= 0.3 is 5.97 Å². The maximum absolute atomic E-state index is 11.3. The van der Waals surface area contributed by atoms with E-state index in [4.69, 9.17) is 11.6 Å². The number of rotatable bonds is 5. The molecule has 0 aromatic carbocycles. The summed E-state index contributed by atoms with van der Waals surface area (Å²) in [5.74, 6) is -0.674. The Morgan fingerprint density at radius 1 is 1.67 bits per heavy atom. The normalized spacial score (nSPS) is 26.8. The second-order valence-corrected chi connectivity index (χ2v) is 4.85. The van der Waals surface area contributed by atoms with E-state index < -0.39 is 11.4 Å². The molecule has 1 aliphatic heterocycles. The molecular formula is C11H18ClNO2. The van der Waals surface area contributed by atoms with Gasteiger partial charge in [0.15, 0.2) is 0 Å². The average Bonchev–Trinajstić information content (AvgIpc) is 2.49. The van der Waals surface area contributed by atoms with Crippen molar-refractivity contribution in [1.82, 2.24) is 4.90 Å². The van der Waals surface area contributed by atoms with Crippen molar-refractivity contribution in [3.63, 3.8) is 0 Å². The van der Waals surface area contributed by atoms with Gasteiger partial charge in [-0.05, 0) is 19.4 Å². The molecule has 1 unspecified atom stereocenters. The van der Waals surface area contributed by atoms with Crippen LogP contribution in [0.4, 0.5) is 0 Å². The van der Waals surface area contributed by atoms with Crippen LogP contribution in [0.25, 0.3) is 0 Å². The third-order valence-electron chi connectivity index (χ3n) is 3.01. The summed E-state index contributed by atoms with van der Waals surface area (Å²) in [7, 11) is 0. The largest absolute Gasteiger partial charge is 0.481 e. The molecule has 0 aromatic rings. The van der Waals surface area contributed by atoms with E-state index in [2.05, 4.69) is 11.5 Å². The number of likely N-dealkylation sites (tertiary alicyclic amines) is 1. The first-order valence-corrected chi connectivity index (χ1v) is 5.67. The lowest BCUT2D eigenvalue weighted by Gasteiger charge is -2.24. The first-order valence-electron chi connectivity index (χ1n) is 5.29. The molecule has 0 spiro atoms. The van der Waals surface area contributed by atoms with E-state index in [0.29, 0.717) is 18.1 Å². The van der Waals surface area contributed by atoms with E-state index >= 15 is 0 Å². The highest BCUT2D eigenvalue weighted by Crippen LogP contribution is 2.35. The Morgan fingerprint density at radius 3 is 2.80 bits per heavy atom. The first-order chi connectivity index (χ1) is 7.00. The molecular weight excluding hydrogens is 214 g/mol. The van der Waals surface area contributed by atoms with Gasteiger partial charge in [-0.2, -0.15) is 0 Å². The Balaban J connectivity index is 2.63. The third kappa shape index (κ3) is 2.95. The minimum absolute atomic E-state index is 0.554. The van der Waals surface area contributed by atoms with Gasteiger partial charge in [0.1, 0.15) is 0 Å². The summed E-state index contributed by atoms with van der Waals surface area (Å²) in [6.45, 7) is 7.66. The molecule has 1 N–H and O–H groups in total. The van der Waals surface area contributed by atoms with Crippen LogP contribution in [0.3, 0.4) is 0 Å². The van der Waals surface area contributed by atoms with E-state index in [0.717, 1.165) is 25.8 Å². The quantitative estimate of drug-likeness (QED) is 0.790. The summed E-state index contributed by atoms with van der Waals surface area (Å²) in [4.78, 5) is 13.3. The second-order valence-electron chi connectivity index (χ2n) is 4.31. The predicted octanol–water partition coefficient (Wildman–Crippen LogP) is 2.32. The Kier molecular flexibility index (Phi) is 4.17. The first kappa shape index (κ1) is 12.5. The molecule has 0 amide bonds. The molecule has 0 bridgehead atoms. The van der Waals surface area contributed by atoms with E-state index in [1.807, 2.05) is 6.92 Å². The van der Waals surface area contributed by atoms with Crippen molar-refractivity contribution in [2.24, 2.45) is 5.41 Å². The zero-order chi connectivity index (χ0) is 11.5. The molecule has 1 fully saturated rings. The molecule has 1 atom stereocenters. The van der Waals surface area contributed by atoms with Crippen molar-refractivity contribution in [3.8, 4) is 0 Å². The molecule has 3 nitrogen and oxygen atoms in total. The van der Waals surface area contributed by atoms with Gasteiger partial charge in [-0.1, -0.05) is 31.5 Å². The van der Waals surface area contributed by atoms with Gasteiger partial charge in [0.25, 0.3) is 0 Å². The molecule has 15 heavy (non-hydrogen) atoms. The summed E-state index contributed by atoms with van der Waals surface area (Å²) >= 11 is 5.72. The van der Waals surface area contributed by atoms with Crippen LogP contribution in [0.2, 0.25) is 0 Å². The van der Waals surface area contributed by atoms with E-state index in [1.165, 1.54) is 0 Å². The van der Waals surface area contributed by atoms with Crippen molar-refractivity contribution in [1.29, 1.82) is 0 Å². The minimum Gasteiger partial charge on any atom is -0.481 e. The van der Waals surface area contributed by atoms with Gasteiger partial charge in [0, 0.05) is 18.1 Å². The van der Waals surface area contributed by atoms with Gasteiger partial charge < -0.3 is 5.11 Å². The van der Waals surface area contributed by atoms with Crippen molar-refractivity contribution < 1.29 is 9.90 Å². The lowest BCUT2D eigenvalue weighted by molar-refractivity contribution is -0.148. The molecule has 1 saturated heterocycles. The standard InChI is InChI=1S/C11H18ClNO2/c1-3-4-11(10(14)15)5-6-13(8-11)7-9(2)12/h2-8H2,1H3,(H,14,15). The van der Waals surface area contributed by atoms with Crippen molar-refractivity contribution in [2.75, 3.05) is 19.6 Å². The maximum atomic E-state index is 11.3. The molecule has 0 saturated carbocycles. The monoisotopic (exact) mass is 231 g/mol. The highest BCUT2D eigenvalue weighted by atomic mass is 35.5. The van der Waals surface area contributed by atoms with Crippen molar-refractivity contribution >= 4 is 17.6 Å². The molecule has 0 aromatic heterocycles. The fraction of sp³-hybridized carbons (Fsp3) is 0.727. The molecule has 1 rings (SSSR count). The summed E-state index contributed by atoms with van der Waals surface area (Å²) in [5, 5.41) is 9.84. The van der Waals surface area contributed by atoms with E-state index in [9.17, 15) is 9.90 Å². The lowest BCUT2D eigenvalue weighted by atomic mass is 9.83. The number of carboxylic acids is 1. The number of carbonyl (C=O) groups is 1. The van der Waals surface area contributed by atoms with Gasteiger partial charge in [-0.25, -0.2) is 0 Å². The summed E-state index contributed by atoms with van der Waals surface area (Å²) in [6, 6.07) is 0. The third-order valence-corrected chi connectivity index (χ3v) is 3.13. The summed E-state index contributed by atoms with van der Waals surface area (Å²) in [6.07, 6.45) is 2.37. The number of nitrogens with zero attached hydrogens (tertiary/aromatic N) is 1. The summed E-state index contributed by atoms with van der Waals surface area (Å²) < 4.78 is 0. The van der Waals surface area contributed by atoms with Gasteiger partial charge in [-0.15, -0.1) is 0 Å². The Bertz CT molecular complexity index is 267. The van der Waals surface area contributed by atoms with Gasteiger partial charge in [-0.3, -0.25) is 9.69 Å². The van der Waals surface area contributed by atoms with Crippen LogP contribution in [-0.2, 0) is 4.79 Å². The maximum Gasteiger partial charge on any atom is 0.310 e. The van der Waals surface area contributed by atoms with Crippen LogP contribution in [0.15, 0.2) is 11.6 Å². The second kappa shape index (κ2) is 4.99. The topological polar surface area (TPSA) is 40.5 Å². The smallest absolute Gasteiger partial charge is 0.310 e. The summed E-state index contributed by atoms with van der Waals surface area (Å²) in [5.41, 5.74) is -0.554. The molecule has 4 heteroatoms. The minimum atomic E-state index is -0.674. The van der Waals surface area contributed by atoms with Crippen molar-refractivity contribution in [3.05, 3.63) is 11.6 Å². The average molecular weight is 232 g/mol. The highest BCUT2D eigenvalue weighted by Gasteiger charge is 2.43. The zero-order valence-electron chi connectivity index (χ0n) is 9.13. The zero-order valence-corrected chi connectivity index (χ0v) is 9.89. The molecule has 0 aliphatic carbocycles. The molecule has 1 heterocycles. The van der Waals surface area contributed by atoms with Crippen LogP contribution in [0, 0.1) is 5.41 Å². The lowest BCUT2D eigenvalue weighted by Crippen LogP contribution is -2.34. The number of aliphatic carboxylic acids is 1. The molecule has 86 valence electrons.